The molecule has 0 N–H and O–H groups in total. The van der Waals surface area contributed by atoms with E-state index in [2.05, 4.69) is 4.99 Å². The van der Waals surface area contributed by atoms with E-state index >= 15 is 0 Å². The van der Waals surface area contributed by atoms with Crippen LogP contribution in [0, 0.1) is 5.92 Å². The van der Waals surface area contributed by atoms with Crippen LogP contribution in [0.3, 0.4) is 0 Å². The molecular formula is C21H29N3O3. The molecule has 0 fully saturated rings. The van der Waals surface area contributed by atoms with Gasteiger partial charge < -0.3 is 9.64 Å². The van der Waals surface area contributed by atoms with Crippen LogP contribution >= 0.6 is 0 Å². The molecule has 2 amide bonds. The zero-order valence-corrected chi connectivity index (χ0v) is 17.2. The van der Waals surface area contributed by atoms with Gasteiger partial charge in [-0.05, 0) is 32.3 Å². The molecule has 27 heavy (non-hydrogen) atoms. The standard InChI is InChI=1S/C21H29N3O3/c1-14(2)18-17(15-11-9-8-10-12-15)22-16(13-23(6)7)19(25)24(18)20(26)27-21(3,4)5/h8-14,18H,1-7H3/b16-13-/t18-/m0/s1. The van der Waals surface area contributed by atoms with E-state index in [1.54, 1.807) is 31.9 Å². The van der Waals surface area contributed by atoms with Crippen LogP contribution < -0.4 is 0 Å². The van der Waals surface area contributed by atoms with Crippen LogP contribution in [0.1, 0.15) is 40.2 Å². The van der Waals surface area contributed by atoms with E-state index in [0.717, 1.165) is 5.56 Å². The normalized spacial score (nSPS) is 19.3. The van der Waals surface area contributed by atoms with Gasteiger partial charge in [-0.2, -0.15) is 0 Å². The molecule has 6 heteroatoms. The van der Waals surface area contributed by atoms with E-state index < -0.39 is 23.6 Å². The SMILES string of the molecule is CC(C)[C@H]1C(c2ccccc2)=N/C(=C\N(C)C)C(=O)N1C(=O)OC(C)(C)C. The lowest BCUT2D eigenvalue weighted by molar-refractivity contribution is -0.128. The Morgan fingerprint density at radius 3 is 2.30 bits per heavy atom. The van der Waals surface area contributed by atoms with Crippen molar-refractivity contribution in [3.05, 3.63) is 47.8 Å². The number of nitrogens with zero attached hydrogens (tertiary/aromatic N) is 3. The van der Waals surface area contributed by atoms with Crippen LogP contribution in [-0.2, 0) is 9.53 Å². The van der Waals surface area contributed by atoms with E-state index in [1.165, 1.54) is 4.90 Å². The average molecular weight is 371 g/mol. The number of carbonyl (C=O) groups is 2. The zero-order valence-electron chi connectivity index (χ0n) is 17.2. The van der Waals surface area contributed by atoms with Gasteiger partial charge >= 0.3 is 6.09 Å². The van der Waals surface area contributed by atoms with Crippen molar-refractivity contribution in [3.8, 4) is 0 Å². The van der Waals surface area contributed by atoms with E-state index in [1.807, 2.05) is 58.3 Å². The Balaban J connectivity index is 2.63. The molecule has 0 radical (unpaired) electrons. The summed E-state index contributed by atoms with van der Waals surface area (Å²) in [4.78, 5) is 33.6. The van der Waals surface area contributed by atoms with Crippen molar-refractivity contribution in [1.29, 1.82) is 0 Å². The maximum Gasteiger partial charge on any atom is 0.418 e. The van der Waals surface area contributed by atoms with Crippen LogP contribution in [-0.4, -0.2) is 53.3 Å². The zero-order chi connectivity index (χ0) is 20.4. The average Bonchev–Trinajstić information content (AvgIpc) is 2.54. The molecule has 0 saturated heterocycles. The summed E-state index contributed by atoms with van der Waals surface area (Å²) in [5.41, 5.74) is 1.07. The van der Waals surface area contributed by atoms with E-state index in [0.29, 0.717) is 5.71 Å². The maximum atomic E-state index is 13.1. The lowest BCUT2D eigenvalue weighted by Gasteiger charge is -2.38. The minimum absolute atomic E-state index is 0.0265. The monoisotopic (exact) mass is 371 g/mol. The molecule has 0 aliphatic carbocycles. The van der Waals surface area contributed by atoms with Crippen LogP contribution in [0.4, 0.5) is 4.79 Å². The second-order valence-electron chi connectivity index (χ2n) is 8.19. The maximum absolute atomic E-state index is 13.1. The molecule has 0 bridgehead atoms. The van der Waals surface area contributed by atoms with Gasteiger partial charge in [0, 0.05) is 20.3 Å². The summed E-state index contributed by atoms with van der Waals surface area (Å²) in [6, 6.07) is 9.12. The van der Waals surface area contributed by atoms with Gasteiger partial charge in [0.25, 0.3) is 5.91 Å². The lowest BCUT2D eigenvalue weighted by atomic mass is 9.91. The molecule has 1 aromatic carbocycles. The van der Waals surface area contributed by atoms with E-state index in [9.17, 15) is 9.59 Å². The summed E-state index contributed by atoms with van der Waals surface area (Å²) in [6.45, 7) is 9.29. The molecule has 146 valence electrons. The van der Waals surface area contributed by atoms with Crippen molar-refractivity contribution in [1.82, 2.24) is 9.80 Å². The van der Waals surface area contributed by atoms with Gasteiger partial charge in [0.15, 0.2) is 0 Å². The molecule has 1 aliphatic heterocycles. The summed E-state index contributed by atoms with van der Waals surface area (Å²) in [7, 11) is 3.62. The van der Waals surface area contributed by atoms with E-state index in [4.69, 9.17) is 4.74 Å². The highest BCUT2D eigenvalue weighted by Gasteiger charge is 2.43. The third kappa shape index (κ3) is 4.96. The Bertz CT molecular complexity index is 759. The van der Waals surface area contributed by atoms with Gasteiger partial charge in [-0.25, -0.2) is 14.7 Å². The molecule has 2 rings (SSSR count). The number of hydrogen-bond acceptors (Lipinski definition) is 5. The summed E-state index contributed by atoms with van der Waals surface area (Å²) < 4.78 is 5.54. The Labute approximate surface area is 161 Å². The smallest absolute Gasteiger partial charge is 0.418 e. The summed E-state index contributed by atoms with van der Waals surface area (Å²) in [5.74, 6) is -0.474. The number of aliphatic imine (C=N–C) groups is 1. The van der Waals surface area contributed by atoms with Gasteiger partial charge in [0.05, 0.1) is 11.8 Å². The topological polar surface area (TPSA) is 62.2 Å². The third-order valence-corrected chi connectivity index (χ3v) is 3.91. The van der Waals surface area contributed by atoms with Crippen LogP contribution in [0.15, 0.2) is 47.2 Å². The minimum Gasteiger partial charge on any atom is -0.443 e. The van der Waals surface area contributed by atoms with Gasteiger partial charge in [-0.3, -0.25) is 4.79 Å². The molecule has 1 aliphatic rings. The molecule has 1 aromatic rings. The number of amides is 2. The molecule has 1 atom stereocenters. The number of carbonyl (C=O) groups excluding carboxylic acids is 2. The fourth-order valence-corrected chi connectivity index (χ4v) is 2.91. The molecule has 0 aromatic heterocycles. The van der Waals surface area contributed by atoms with Crippen molar-refractivity contribution >= 4 is 17.7 Å². The van der Waals surface area contributed by atoms with Crippen molar-refractivity contribution < 1.29 is 14.3 Å². The molecular weight excluding hydrogens is 342 g/mol. The van der Waals surface area contributed by atoms with Crippen LogP contribution in [0.25, 0.3) is 0 Å². The first-order valence-corrected chi connectivity index (χ1v) is 9.10. The highest BCUT2D eigenvalue weighted by Crippen LogP contribution is 2.28. The fourth-order valence-electron chi connectivity index (χ4n) is 2.91. The van der Waals surface area contributed by atoms with Crippen molar-refractivity contribution in [2.45, 2.75) is 46.3 Å². The Kier molecular flexibility index (Phi) is 6.08. The largest absolute Gasteiger partial charge is 0.443 e. The first-order valence-electron chi connectivity index (χ1n) is 9.10. The number of imide groups is 1. The van der Waals surface area contributed by atoms with Crippen molar-refractivity contribution in [3.63, 3.8) is 0 Å². The Morgan fingerprint density at radius 1 is 1.22 bits per heavy atom. The molecule has 1 heterocycles. The summed E-state index contributed by atoms with van der Waals surface area (Å²) in [6.07, 6.45) is 0.971. The highest BCUT2D eigenvalue weighted by atomic mass is 16.6. The predicted octanol–water partition coefficient (Wildman–Crippen LogP) is 3.68. The van der Waals surface area contributed by atoms with E-state index in [-0.39, 0.29) is 11.6 Å². The quantitative estimate of drug-likeness (QED) is 0.761. The molecule has 0 saturated carbocycles. The highest BCUT2D eigenvalue weighted by molar-refractivity contribution is 6.16. The van der Waals surface area contributed by atoms with Gasteiger partial charge in [-0.15, -0.1) is 0 Å². The molecule has 0 unspecified atom stereocenters. The number of ether oxygens (including phenoxy) is 1. The predicted molar refractivity (Wildman–Crippen MR) is 106 cm³/mol. The second-order valence-corrected chi connectivity index (χ2v) is 8.19. The minimum atomic E-state index is -0.703. The fraction of sp³-hybridized carbons (Fsp3) is 0.476. The molecule has 0 spiro atoms. The lowest BCUT2D eigenvalue weighted by Crippen LogP contribution is -2.55. The first-order chi connectivity index (χ1) is 12.5. The Hall–Kier alpha value is -2.63. The van der Waals surface area contributed by atoms with Crippen molar-refractivity contribution in [2.24, 2.45) is 10.9 Å². The first kappa shape index (κ1) is 20.7. The summed E-state index contributed by atoms with van der Waals surface area (Å²) >= 11 is 0. The second kappa shape index (κ2) is 7.94. The van der Waals surface area contributed by atoms with Crippen molar-refractivity contribution in [2.75, 3.05) is 14.1 Å². The molecule has 6 nitrogen and oxygen atoms in total. The van der Waals surface area contributed by atoms with Gasteiger partial charge in [0.1, 0.15) is 11.3 Å². The third-order valence-electron chi connectivity index (χ3n) is 3.91. The van der Waals surface area contributed by atoms with Gasteiger partial charge in [-0.1, -0.05) is 44.2 Å². The van der Waals surface area contributed by atoms with Crippen LogP contribution in [0.2, 0.25) is 0 Å². The number of rotatable bonds is 3. The summed E-state index contributed by atoms with van der Waals surface area (Å²) in [5, 5.41) is 0. The van der Waals surface area contributed by atoms with Crippen LogP contribution in [0.5, 0.6) is 0 Å². The Morgan fingerprint density at radius 2 is 1.81 bits per heavy atom. The number of benzene rings is 1. The number of hydrogen-bond donors (Lipinski definition) is 0. The van der Waals surface area contributed by atoms with Gasteiger partial charge in [0.2, 0.25) is 0 Å².